The molecular formula is C41H74O6. The molecule has 0 aliphatic heterocycles. The predicted molar refractivity (Wildman–Crippen MR) is 196 cm³/mol. The Morgan fingerprint density at radius 1 is 0.426 bits per heavy atom. The third-order valence-electron chi connectivity index (χ3n) is 8.44. The summed E-state index contributed by atoms with van der Waals surface area (Å²) in [6.07, 6.45) is 38.8. The molecule has 6 nitrogen and oxygen atoms in total. The van der Waals surface area contributed by atoms with Crippen LogP contribution in [0.5, 0.6) is 0 Å². The lowest BCUT2D eigenvalue weighted by molar-refractivity contribution is -0.166. The van der Waals surface area contributed by atoms with Gasteiger partial charge in [0.05, 0.1) is 0 Å². The minimum Gasteiger partial charge on any atom is -0.462 e. The average Bonchev–Trinajstić information content (AvgIpc) is 3.06. The summed E-state index contributed by atoms with van der Waals surface area (Å²) < 4.78 is 16.2. The minimum atomic E-state index is -0.782. The number of hydrogen-bond acceptors (Lipinski definition) is 6. The van der Waals surface area contributed by atoms with Gasteiger partial charge in [-0.25, -0.2) is 0 Å². The molecule has 0 aromatic heterocycles. The van der Waals surface area contributed by atoms with Crippen molar-refractivity contribution in [2.75, 3.05) is 13.2 Å². The molecule has 0 bridgehead atoms. The molecule has 0 aliphatic carbocycles. The molecule has 0 aromatic rings. The van der Waals surface area contributed by atoms with Crippen LogP contribution in [0.2, 0.25) is 0 Å². The molecule has 0 spiro atoms. The van der Waals surface area contributed by atoms with Crippen molar-refractivity contribution in [1.82, 2.24) is 0 Å². The second kappa shape index (κ2) is 36.7. The van der Waals surface area contributed by atoms with E-state index in [-0.39, 0.29) is 37.5 Å². The topological polar surface area (TPSA) is 78.9 Å². The summed E-state index contributed by atoms with van der Waals surface area (Å²) in [6, 6.07) is 0. The number of carbonyl (C=O) groups is 3. The number of carbonyl (C=O) groups excluding carboxylic acids is 3. The maximum atomic E-state index is 12.5. The molecule has 0 rings (SSSR count). The Kier molecular flexibility index (Phi) is 35.1. The van der Waals surface area contributed by atoms with E-state index in [0.717, 1.165) is 32.1 Å². The lowest BCUT2D eigenvalue weighted by Crippen LogP contribution is -2.30. The van der Waals surface area contributed by atoms with Crippen molar-refractivity contribution in [3.05, 3.63) is 24.3 Å². The molecule has 0 amide bonds. The second-order valence-electron chi connectivity index (χ2n) is 13.2. The molecule has 6 heteroatoms. The Morgan fingerprint density at radius 3 is 1.34 bits per heavy atom. The van der Waals surface area contributed by atoms with Gasteiger partial charge in [-0.3, -0.25) is 14.4 Å². The van der Waals surface area contributed by atoms with Crippen molar-refractivity contribution >= 4 is 17.9 Å². The molecule has 274 valence electrons. The smallest absolute Gasteiger partial charge is 0.306 e. The van der Waals surface area contributed by atoms with E-state index in [0.29, 0.717) is 25.7 Å². The maximum absolute atomic E-state index is 12.5. The first-order chi connectivity index (χ1) is 23.0. The summed E-state index contributed by atoms with van der Waals surface area (Å²) in [6.45, 7) is 6.22. The van der Waals surface area contributed by atoms with E-state index in [2.05, 4.69) is 32.1 Å². The molecule has 47 heavy (non-hydrogen) atoms. The molecule has 0 N–H and O–H groups in total. The van der Waals surface area contributed by atoms with Crippen molar-refractivity contribution in [3.8, 4) is 0 Å². The van der Waals surface area contributed by atoms with Gasteiger partial charge < -0.3 is 14.2 Å². The average molecular weight is 663 g/mol. The number of allylic oxidation sites excluding steroid dienone is 4. The van der Waals surface area contributed by atoms with Crippen molar-refractivity contribution in [3.63, 3.8) is 0 Å². The minimum absolute atomic E-state index is 0.0956. The Morgan fingerprint density at radius 2 is 0.851 bits per heavy atom. The van der Waals surface area contributed by atoms with Gasteiger partial charge in [-0.1, -0.05) is 167 Å². The van der Waals surface area contributed by atoms with Crippen LogP contribution in [0.25, 0.3) is 0 Å². The van der Waals surface area contributed by atoms with Crippen LogP contribution in [0.3, 0.4) is 0 Å². The highest BCUT2D eigenvalue weighted by Crippen LogP contribution is 2.14. The zero-order chi connectivity index (χ0) is 34.5. The quantitative estimate of drug-likeness (QED) is 0.0291. The van der Waals surface area contributed by atoms with E-state index in [4.69, 9.17) is 14.2 Å². The molecular weight excluding hydrogens is 588 g/mol. The fraction of sp³-hybridized carbons (Fsp3) is 0.829. The summed E-state index contributed by atoms with van der Waals surface area (Å²) >= 11 is 0. The van der Waals surface area contributed by atoms with Gasteiger partial charge >= 0.3 is 17.9 Å². The summed E-state index contributed by atoms with van der Waals surface area (Å²) in [7, 11) is 0. The van der Waals surface area contributed by atoms with Gasteiger partial charge in [0.15, 0.2) is 6.10 Å². The summed E-state index contributed by atoms with van der Waals surface area (Å²) in [5.74, 6) is -1.02. The Labute approximate surface area is 290 Å². The number of esters is 3. The van der Waals surface area contributed by atoms with Gasteiger partial charge in [0.1, 0.15) is 13.2 Å². The fourth-order valence-corrected chi connectivity index (χ4v) is 5.47. The van der Waals surface area contributed by atoms with Crippen LogP contribution in [-0.4, -0.2) is 37.2 Å². The molecule has 0 saturated carbocycles. The normalized spacial score (nSPS) is 12.1. The lowest BCUT2D eigenvalue weighted by atomic mass is 10.0. The summed E-state index contributed by atoms with van der Waals surface area (Å²) in [4.78, 5) is 36.6. The first-order valence-electron chi connectivity index (χ1n) is 19.8. The first-order valence-corrected chi connectivity index (χ1v) is 19.8. The van der Waals surface area contributed by atoms with Crippen LogP contribution in [0.4, 0.5) is 0 Å². The molecule has 0 heterocycles. The van der Waals surface area contributed by atoms with Crippen LogP contribution in [-0.2, 0) is 28.6 Å². The first kappa shape index (κ1) is 44.9. The van der Waals surface area contributed by atoms with Crippen LogP contribution in [0.15, 0.2) is 24.3 Å². The monoisotopic (exact) mass is 663 g/mol. The summed E-state index contributed by atoms with van der Waals surface area (Å²) in [5.41, 5.74) is 0. The number of hydrogen-bond donors (Lipinski definition) is 0. The van der Waals surface area contributed by atoms with Crippen molar-refractivity contribution in [2.24, 2.45) is 0 Å². The molecule has 0 aromatic carbocycles. The van der Waals surface area contributed by atoms with Crippen molar-refractivity contribution in [2.45, 2.75) is 207 Å². The van der Waals surface area contributed by atoms with Gasteiger partial charge in [-0.2, -0.15) is 0 Å². The highest BCUT2D eigenvalue weighted by atomic mass is 16.6. The van der Waals surface area contributed by atoms with E-state index in [1.54, 1.807) is 0 Å². The van der Waals surface area contributed by atoms with Gasteiger partial charge in [0.25, 0.3) is 0 Å². The Balaban J connectivity index is 4.09. The van der Waals surface area contributed by atoms with Gasteiger partial charge in [-0.15, -0.1) is 0 Å². The highest BCUT2D eigenvalue weighted by Gasteiger charge is 2.19. The standard InChI is InChI=1S/C41H74O6/c1-4-7-9-11-13-15-17-19-20-22-23-25-27-29-31-34-40(43)46-37-38(36-45-39(42)33-6-3)47-41(44)35-32-30-28-26-24-21-18-16-14-12-10-8-5-2/h22-23,27,29,38H,4-21,24-26,28,30-37H2,1-3H3/b23-22-,29-27-. The van der Waals surface area contributed by atoms with E-state index in [1.807, 2.05) is 13.0 Å². The van der Waals surface area contributed by atoms with E-state index >= 15 is 0 Å². The molecule has 1 atom stereocenters. The second-order valence-corrected chi connectivity index (χ2v) is 13.2. The van der Waals surface area contributed by atoms with Crippen LogP contribution in [0, 0.1) is 0 Å². The zero-order valence-corrected chi connectivity index (χ0v) is 31.0. The van der Waals surface area contributed by atoms with Gasteiger partial charge in [0.2, 0.25) is 0 Å². The molecule has 0 aliphatic rings. The number of unbranched alkanes of at least 4 members (excludes halogenated alkanes) is 20. The summed E-state index contributed by atoms with van der Waals surface area (Å²) in [5, 5.41) is 0. The zero-order valence-electron chi connectivity index (χ0n) is 31.0. The van der Waals surface area contributed by atoms with Crippen molar-refractivity contribution < 1.29 is 28.6 Å². The highest BCUT2D eigenvalue weighted by molar-refractivity contribution is 5.71. The van der Waals surface area contributed by atoms with E-state index < -0.39 is 6.10 Å². The van der Waals surface area contributed by atoms with E-state index in [1.165, 1.54) is 116 Å². The fourth-order valence-electron chi connectivity index (χ4n) is 5.47. The van der Waals surface area contributed by atoms with Crippen LogP contribution in [0.1, 0.15) is 201 Å². The van der Waals surface area contributed by atoms with Crippen LogP contribution >= 0.6 is 0 Å². The maximum Gasteiger partial charge on any atom is 0.306 e. The Bertz CT molecular complexity index is 774. The molecule has 0 fully saturated rings. The van der Waals surface area contributed by atoms with Crippen molar-refractivity contribution in [1.29, 1.82) is 0 Å². The van der Waals surface area contributed by atoms with Crippen LogP contribution < -0.4 is 0 Å². The number of rotatable bonds is 35. The molecule has 0 radical (unpaired) electrons. The largest absolute Gasteiger partial charge is 0.462 e. The third kappa shape index (κ3) is 35.0. The molecule has 1 unspecified atom stereocenters. The predicted octanol–water partition coefficient (Wildman–Crippen LogP) is 12.1. The van der Waals surface area contributed by atoms with Gasteiger partial charge in [-0.05, 0) is 38.5 Å². The SMILES string of the molecule is CCCCCCCCCC/C=C\C/C=C\CCC(=O)OCC(COC(=O)CCC)OC(=O)CCCCCCCCCCCCCCC. The Hall–Kier alpha value is -2.11. The van der Waals surface area contributed by atoms with E-state index in [9.17, 15) is 14.4 Å². The van der Waals surface area contributed by atoms with Gasteiger partial charge in [0, 0.05) is 19.3 Å². The third-order valence-corrected chi connectivity index (χ3v) is 8.44. The lowest BCUT2D eigenvalue weighted by Gasteiger charge is -2.18. The molecule has 0 saturated heterocycles. The number of ether oxygens (including phenoxy) is 3.